The van der Waals surface area contributed by atoms with Crippen molar-refractivity contribution in [2.75, 3.05) is 31.0 Å². The van der Waals surface area contributed by atoms with Gasteiger partial charge in [-0.25, -0.2) is 8.42 Å². The predicted molar refractivity (Wildman–Crippen MR) is 104 cm³/mol. The van der Waals surface area contributed by atoms with Crippen molar-refractivity contribution in [1.82, 2.24) is 4.90 Å². The standard InChI is InChI=1S/C20H24N2O4S/c1-2-22(14-16-11-12-26-15-16)20(23)17-7-6-8-18(13-17)21-27(24,25)19-9-4-3-5-10-19/h3-10,13,16,21H,2,11-12,14-15H2,1H3. The summed E-state index contributed by atoms with van der Waals surface area (Å²) in [6.45, 7) is 4.61. The Morgan fingerprint density at radius 2 is 1.96 bits per heavy atom. The van der Waals surface area contributed by atoms with Crippen LogP contribution in [0.4, 0.5) is 5.69 Å². The van der Waals surface area contributed by atoms with Gasteiger partial charge in [0, 0.05) is 36.9 Å². The molecule has 27 heavy (non-hydrogen) atoms. The number of nitrogens with one attached hydrogen (secondary N) is 1. The fourth-order valence-corrected chi connectivity index (χ4v) is 4.18. The van der Waals surface area contributed by atoms with Crippen LogP contribution in [0.5, 0.6) is 0 Å². The van der Waals surface area contributed by atoms with Crippen LogP contribution in [-0.2, 0) is 14.8 Å². The van der Waals surface area contributed by atoms with Crippen molar-refractivity contribution in [3.05, 3.63) is 60.2 Å². The number of benzene rings is 2. The molecule has 1 N–H and O–H groups in total. The number of rotatable bonds is 7. The molecule has 0 aliphatic carbocycles. The van der Waals surface area contributed by atoms with Crippen LogP contribution in [0.15, 0.2) is 59.5 Å². The van der Waals surface area contributed by atoms with Gasteiger partial charge in [-0.1, -0.05) is 24.3 Å². The molecule has 2 aromatic rings. The first-order valence-corrected chi connectivity index (χ1v) is 10.5. The zero-order chi connectivity index (χ0) is 19.3. The van der Waals surface area contributed by atoms with Gasteiger partial charge in [0.15, 0.2) is 0 Å². The Balaban J connectivity index is 1.75. The van der Waals surface area contributed by atoms with Crippen LogP contribution in [0.25, 0.3) is 0 Å². The summed E-state index contributed by atoms with van der Waals surface area (Å²) in [5.41, 5.74) is 0.828. The molecule has 3 rings (SSSR count). The van der Waals surface area contributed by atoms with E-state index in [1.54, 1.807) is 47.4 Å². The first-order valence-electron chi connectivity index (χ1n) is 9.04. The average molecular weight is 388 g/mol. The van der Waals surface area contributed by atoms with E-state index in [0.29, 0.717) is 36.9 Å². The molecule has 0 spiro atoms. The molecule has 1 unspecified atom stereocenters. The van der Waals surface area contributed by atoms with E-state index >= 15 is 0 Å². The monoisotopic (exact) mass is 388 g/mol. The van der Waals surface area contributed by atoms with E-state index in [1.807, 2.05) is 6.92 Å². The molecule has 0 bridgehead atoms. The average Bonchev–Trinajstić information content (AvgIpc) is 3.19. The van der Waals surface area contributed by atoms with Crippen LogP contribution >= 0.6 is 0 Å². The maximum Gasteiger partial charge on any atom is 0.261 e. The highest BCUT2D eigenvalue weighted by Crippen LogP contribution is 2.20. The van der Waals surface area contributed by atoms with Crippen LogP contribution in [0.2, 0.25) is 0 Å². The van der Waals surface area contributed by atoms with Crippen molar-refractivity contribution in [3.8, 4) is 0 Å². The predicted octanol–water partition coefficient (Wildman–Crippen LogP) is 2.99. The largest absolute Gasteiger partial charge is 0.381 e. The van der Waals surface area contributed by atoms with Crippen molar-refractivity contribution in [2.45, 2.75) is 18.2 Å². The number of anilines is 1. The van der Waals surface area contributed by atoms with Crippen molar-refractivity contribution in [3.63, 3.8) is 0 Å². The number of nitrogens with zero attached hydrogens (tertiary/aromatic N) is 1. The van der Waals surface area contributed by atoms with Gasteiger partial charge in [-0.3, -0.25) is 9.52 Å². The quantitative estimate of drug-likeness (QED) is 0.791. The first-order chi connectivity index (χ1) is 13.0. The summed E-state index contributed by atoms with van der Waals surface area (Å²) in [5, 5.41) is 0. The second-order valence-electron chi connectivity index (χ2n) is 6.57. The molecule has 2 aromatic carbocycles. The van der Waals surface area contributed by atoms with E-state index in [4.69, 9.17) is 4.74 Å². The maximum atomic E-state index is 12.9. The third kappa shape index (κ3) is 4.87. The lowest BCUT2D eigenvalue weighted by Crippen LogP contribution is -2.35. The highest BCUT2D eigenvalue weighted by Gasteiger charge is 2.23. The lowest BCUT2D eigenvalue weighted by molar-refractivity contribution is 0.0731. The first kappa shape index (κ1) is 19.4. The smallest absolute Gasteiger partial charge is 0.261 e. The lowest BCUT2D eigenvalue weighted by Gasteiger charge is -2.24. The van der Waals surface area contributed by atoms with Crippen molar-refractivity contribution in [2.24, 2.45) is 5.92 Å². The molecule has 1 atom stereocenters. The molecular formula is C20H24N2O4S. The van der Waals surface area contributed by atoms with Gasteiger partial charge < -0.3 is 9.64 Å². The van der Waals surface area contributed by atoms with E-state index < -0.39 is 10.0 Å². The number of carbonyl (C=O) groups is 1. The van der Waals surface area contributed by atoms with Gasteiger partial charge in [-0.05, 0) is 43.7 Å². The number of ether oxygens (including phenoxy) is 1. The zero-order valence-corrected chi connectivity index (χ0v) is 16.1. The summed E-state index contributed by atoms with van der Waals surface area (Å²) in [4.78, 5) is 14.8. The number of hydrogen-bond donors (Lipinski definition) is 1. The van der Waals surface area contributed by atoms with Crippen molar-refractivity contribution < 1.29 is 17.9 Å². The molecule has 0 saturated carbocycles. The second-order valence-corrected chi connectivity index (χ2v) is 8.26. The molecule has 0 aromatic heterocycles. The molecule has 1 aliphatic heterocycles. The third-order valence-electron chi connectivity index (χ3n) is 4.59. The van der Waals surface area contributed by atoms with Gasteiger partial charge in [0.05, 0.1) is 11.5 Å². The highest BCUT2D eigenvalue weighted by molar-refractivity contribution is 7.92. The molecule has 1 heterocycles. The Morgan fingerprint density at radius 3 is 2.63 bits per heavy atom. The van der Waals surface area contributed by atoms with E-state index in [9.17, 15) is 13.2 Å². The van der Waals surface area contributed by atoms with Gasteiger partial charge in [0.2, 0.25) is 0 Å². The van der Waals surface area contributed by atoms with Crippen LogP contribution < -0.4 is 4.72 Å². The van der Waals surface area contributed by atoms with Gasteiger partial charge in [-0.15, -0.1) is 0 Å². The van der Waals surface area contributed by atoms with Crippen LogP contribution in [0.3, 0.4) is 0 Å². The Kier molecular flexibility index (Phi) is 6.13. The number of amides is 1. The topological polar surface area (TPSA) is 75.7 Å². The number of sulfonamides is 1. The number of hydrogen-bond acceptors (Lipinski definition) is 4. The van der Waals surface area contributed by atoms with Gasteiger partial charge in [-0.2, -0.15) is 0 Å². The molecule has 0 radical (unpaired) electrons. The highest BCUT2D eigenvalue weighted by atomic mass is 32.2. The number of carbonyl (C=O) groups excluding carboxylic acids is 1. The normalized spacial score (nSPS) is 16.9. The molecule has 1 amide bonds. The van der Waals surface area contributed by atoms with Crippen LogP contribution in [0.1, 0.15) is 23.7 Å². The Bertz CT molecular complexity index is 878. The summed E-state index contributed by atoms with van der Waals surface area (Å²) < 4.78 is 32.9. The SMILES string of the molecule is CCN(CC1CCOC1)C(=O)c1cccc(NS(=O)(=O)c2ccccc2)c1. The summed E-state index contributed by atoms with van der Waals surface area (Å²) in [6, 6.07) is 14.8. The molecule has 1 fully saturated rings. The molecule has 1 aliphatic rings. The van der Waals surface area contributed by atoms with Crippen molar-refractivity contribution >= 4 is 21.6 Å². The Labute approximate surface area is 160 Å². The molecule has 1 saturated heterocycles. The molecule has 7 heteroatoms. The molecular weight excluding hydrogens is 364 g/mol. The van der Waals surface area contributed by atoms with E-state index in [-0.39, 0.29) is 10.8 Å². The fourth-order valence-electron chi connectivity index (χ4n) is 3.11. The third-order valence-corrected chi connectivity index (χ3v) is 5.98. The summed E-state index contributed by atoms with van der Waals surface area (Å²) in [5.74, 6) is 0.249. The maximum absolute atomic E-state index is 12.9. The van der Waals surface area contributed by atoms with E-state index in [2.05, 4.69) is 4.72 Å². The van der Waals surface area contributed by atoms with Crippen LogP contribution in [-0.4, -0.2) is 45.5 Å². The van der Waals surface area contributed by atoms with E-state index in [1.165, 1.54) is 12.1 Å². The van der Waals surface area contributed by atoms with Gasteiger partial charge >= 0.3 is 0 Å². The minimum Gasteiger partial charge on any atom is -0.381 e. The minimum absolute atomic E-state index is 0.106. The van der Waals surface area contributed by atoms with Crippen LogP contribution in [0, 0.1) is 5.92 Å². The Morgan fingerprint density at radius 1 is 1.19 bits per heavy atom. The molecule has 6 nitrogen and oxygen atoms in total. The lowest BCUT2D eigenvalue weighted by atomic mass is 10.1. The molecule has 144 valence electrons. The minimum atomic E-state index is -3.69. The second kappa shape index (κ2) is 8.54. The fraction of sp³-hybridized carbons (Fsp3) is 0.350. The van der Waals surface area contributed by atoms with Crippen molar-refractivity contribution in [1.29, 1.82) is 0 Å². The summed E-state index contributed by atoms with van der Waals surface area (Å²) in [6.07, 6.45) is 0.959. The van der Waals surface area contributed by atoms with E-state index in [0.717, 1.165) is 13.0 Å². The summed E-state index contributed by atoms with van der Waals surface area (Å²) >= 11 is 0. The van der Waals surface area contributed by atoms with Gasteiger partial charge in [0.25, 0.3) is 15.9 Å². The van der Waals surface area contributed by atoms with Gasteiger partial charge in [0.1, 0.15) is 0 Å². The zero-order valence-electron chi connectivity index (χ0n) is 15.3. The Hall–Kier alpha value is -2.38. The summed E-state index contributed by atoms with van der Waals surface area (Å²) in [7, 11) is -3.69.